The maximum atomic E-state index is 13.8. The summed E-state index contributed by atoms with van der Waals surface area (Å²) in [5, 5.41) is 0. The summed E-state index contributed by atoms with van der Waals surface area (Å²) in [5.41, 5.74) is 6.42. The Morgan fingerprint density at radius 2 is 1.90 bits per heavy atom. The lowest BCUT2D eigenvalue weighted by Gasteiger charge is -2.12. The lowest BCUT2D eigenvalue weighted by Crippen LogP contribution is -2.21. The minimum absolute atomic E-state index is 0.281. The molecule has 4 nitrogen and oxygen atoms in total. The van der Waals surface area contributed by atoms with E-state index in [4.69, 9.17) is 18.0 Å². The molecule has 3 N–H and O–H groups in total. The Hall–Kier alpha value is -1.99. The van der Waals surface area contributed by atoms with Gasteiger partial charge in [0.05, 0.1) is 5.56 Å². The van der Waals surface area contributed by atoms with Gasteiger partial charge in [0.2, 0.25) is 0 Å². The van der Waals surface area contributed by atoms with Crippen LogP contribution < -0.4 is 10.5 Å². The van der Waals surface area contributed by atoms with Crippen molar-refractivity contribution >= 4 is 32.9 Å². The van der Waals surface area contributed by atoms with Crippen molar-refractivity contribution in [3.8, 4) is 0 Å². The van der Waals surface area contributed by atoms with Crippen LogP contribution in [-0.4, -0.2) is 13.4 Å². The highest BCUT2D eigenvalue weighted by molar-refractivity contribution is 7.93. The van der Waals surface area contributed by atoms with Crippen molar-refractivity contribution < 1.29 is 12.8 Å². The van der Waals surface area contributed by atoms with Crippen LogP contribution >= 0.6 is 12.2 Å². The molecule has 0 aromatic heterocycles. The van der Waals surface area contributed by atoms with Crippen LogP contribution in [0.25, 0.3) is 0 Å². The number of nitrogens with two attached hydrogens (primary N) is 1. The molecule has 0 bridgehead atoms. The highest BCUT2D eigenvalue weighted by atomic mass is 32.2. The van der Waals surface area contributed by atoms with Crippen LogP contribution in [0.15, 0.2) is 47.4 Å². The van der Waals surface area contributed by atoms with Gasteiger partial charge in [-0.3, -0.25) is 4.72 Å². The number of benzene rings is 2. The Balaban J connectivity index is 2.50. The Labute approximate surface area is 127 Å². The first kappa shape index (κ1) is 15.4. The van der Waals surface area contributed by atoms with Gasteiger partial charge in [-0.15, -0.1) is 0 Å². The standard InChI is InChI=1S/C14H13FN2O2S2/c1-9-4-2-5-10(8-9)17-21(18,19)12-7-3-6-11(15)13(12)14(16)20/h2-8,17H,1H3,(H2,16,20). The molecule has 0 spiro atoms. The summed E-state index contributed by atoms with van der Waals surface area (Å²) in [6, 6.07) is 10.5. The van der Waals surface area contributed by atoms with Gasteiger partial charge in [0.25, 0.3) is 10.0 Å². The van der Waals surface area contributed by atoms with Gasteiger partial charge in [0, 0.05) is 5.69 Å². The van der Waals surface area contributed by atoms with Gasteiger partial charge >= 0.3 is 0 Å². The first-order valence-electron chi connectivity index (χ1n) is 5.99. The monoisotopic (exact) mass is 324 g/mol. The predicted octanol–water partition coefficient (Wildman–Crippen LogP) is 2.57. The normalized spacial score (nSPS) is 11.1. The predicted molar refractivity (Wildman–Crippen MR) is 84.3 cm³/mol. The quantitative estimate of drug-likeness (QED) is 0.848. The van der Waals surface area contributed by atoms with Crippen molar-refractivity contribution in [1.82, 2.24) is 0 Å². The first-order valence-corrected chi connectivity index (χ1v) is 7.88. The van der Waals surface area contributed by atoms with Crippen LogP contribution in [-0.2, 0) is 10.0 Å². The van der Waals surface area contributed by atoms with Crippen LogP contribution in [0.1, 0.15) is 11.1 Å². The third kappa shape index (κ3) is 3.37. The van der Waals surface area contributed by atoms with E-state index in [0.29, 0.717) is 5.69 Å². The Bertz CT molecular complexity index is 804. The average molecular weight is 324 g/mol. The number of sulfonamides is 1. The molecule has 0 fully saturated rings. The Kier molecular flexibility index (Phi) is 4.24. The van der Waals surface area contributed by atoms with Crippen molar-refractivity contribution in [2.24, 2.45) is 5.73 Å². The van der Waals surface area contributed by atoms with E-state index in [1.54, 1.807) is 18.2 Å². The smallest absolute Gasteiger partial charge is 0.262 e. The van der Waals surface area contributed by atoms with Gasteiger partial charge in [-0.25, -0.2) is 12.8 Å². The lowest BCUT2D eigenvalue weighted by atomic mass is 10.2. The molecular formula is C14H13FN2O2S2. The molecule has 2 rings (SSSR count). The topological polar surface area (TPSA) is 72.2 Å². The number of hydrogen-bond acceptors (Lipinski definition) is 3. The summed E-state index contributed by atoms with van der Waals surface area (Å²) in [6.45, 7) is 1.83. The van der Waals surface area contributed by atoms with E-state index in [1.807, 2.05) is 13.0 Å². The van der Waals surface area contributed by atoms with E-state index in [1.165, 1.54) is 12.1 Å². The number of halogens is 1. The fourth-order valence-corrected chi connectivity index (χ4v) is 3.44. The third-order valence-electron chi connectivity index (χ3n) is 2.78. The van der Waals surface area contributed by atoms with Crippen molar-refractivity contribution in [2.45, 2.75) is 11.8 Å². The molecule has 0 atom stereocenters. The summed E-state index contributed by atoms with van der Waals surface area (Å²) in [5.74, 6) is -0.769. The van der Waals surface area contributed by atoms with Gasteiger partial charge in [0.15, 0.2) is 0 Å². The van der Waals surface area contributed by atoms with E-state index < -0.39 is 15.8 Å². The molecule has 0 heterocycles. The number of thiocarbonyl (C=S) groups is 1. The highest BCUT2D eigenvalue weighted by Crippen LogP contribution is 2.22. The van der Waals surface area contributed by atoms with Crippen molar-refractivity contribution in [2.75, 3.05) is 4.72 Å². The fourth-order valence-electron chi connectivity index (χ4n) is 1.89. The molecule has 0 saturated heterocycles. The summed E-state index contributed by atoms with van der Waals surface area (Å²) >= 11 is 4.74. The maximum absolute atomic E-state index is 13.8. The number of aryl methyl sites for hydroxylation is 1. The minimum Gasteiger partial charge on any atom is -0.389 e. The van der Waals surface area contributed by atoms with Crippen molar-refractivity contribution in [3.05, 3.63) is 59.4 Å². The lowest BCUT2D eigenvalue weighted by molar-refractivity contribution is 0.594. The Morgan fingerprint density at radius 3 is 2.52 bits per heavy atom. The molecule has 0 aliphatic rings. The molecule has 0 aliphatic carbocycles. The summed E-state index contributed by atoms with van der Waals surface area (Å²) < 4.78 is 41.0. The van der Waals surface area contributed by atoms with E-state index in [-0.39, 0.29) is 15.4 Å². The Morgan fingerprint density at radius 1 is 1.24 bits per heavy atom. The zero-order valence-corrected chi connectivity index (χ0v) is 12.8. The fraction of sp³-hybridized carbons (Fsp3) is 0.0714. The van der Waals surface area contributed by atoms with E-state index in [9.17, 15) is 12.8 Å². The van der Waals surface area contributed by atoms with E-state index in [2.05, 4.69) is 4.72 Å². The van der Waals surface area contributed by atoms with Crippen LogP contribution in [0.3, 0.4) is 0 Å². The highest BCUT2D eigenvalue weighted by Gasteiger charge is 2.22. The number of hydrogen-bond donors (Lipinski definition) is 2. The summed E-state index contributed by atoms with van der Waals surface area (Å²) in [6.07, 6.45) is 0. The molecule has 2 aromatic carbocycles. The van der Waals surface area contributed by atoms with E-state index >= 15 is 0 Å². The molecule has 110 valence electrons. The molecular weight excluding hydrogens is 311 g/mol. The molecule has 0 amide bonds. The van der Waals surface area contributed by atoms with Crippen LogP contribution in [0.4, 0.5) is 10.1 Å². The molecule has 0 saturated carbocycles. The largest absolute Gasteiger partial charge is 0.389 e. The molecule has 2 aromatic rings. The van der Waals surface area contributed by atoms with Gasteiger partial charge in [-0.1, -0.05) is 30.4 Å². The van der Waals surface area contributed by atoms with Crippen molar-refractivity contribution in [3.63, 3.8) is 0 Å². The van der Waals surface area contributed by atoms with Crippen molar-refractivity contribution in [1.29, 1.82) is 0 Å². The second-order valence-corrected chi connectivity index (χ2v) is 6.54. The molecule has 0 unspecified atom stereocenters. The van der Waals surface area contributed by atoms with E-state index in [0.717, 1.165) is 11.6 Å². The molecule has 0 aliphatic heterocycles. The molecule has 21 heavy (non-hydrogen) atoms. The molecule has 0 radical (unpaired) electrons. The molecule has 7 heteroatoms. The van der Waals surface area contributed by atoms with Crippen LogP contribution in [0.5, 0.6) is 0 Å². The zero-order chi connectivity index (χ0) is 15.6. The van der Waals surface area contributed by atoms with Crippen LogP contribution in [0, 0.1) is 12.7 Å². The van der Waals surface area contributed by atoms with Gasteiger partial charge in [0.1, 0.15) is 15.7 Å². The van der Waals surface area contributed by atoms with Crippen LogP contribution in [0.2, 0.25) is 0 Å². The average Bonchev–Trinajstić information content (AvgIpc) is 2.37. The number of anilines is 1. The zero-order valence-electron chi connectivity index (χ0n) is 11.1. The third-order valence-corrected chi connectivity index (χ3v) is 4.41. The maximum Gasteiger partial charge on any atom is 0.262 e. The second-order valence-electron chi connectivity index (χ2n) is 4.45. The number of rotatable bonds is 4. The second kappa shape index (κ2) is 5.79. The van der Waals surface area contributed by atoms with Gasteiger partial charge in [-0.2, -0.15) is 0 Å². The minimum atomic E-state index is -3.99. The first-order chi connectivity index (χ1) is 9.81. The summed E-state index contributed by atoms with van der Waals surface area (Å²) in [7, 11) is -3.99. The summed E-state index contributed by atoms with van der Waals surface area (Å²) in [4.78, 5) is -0.589. The van der Waals surface area contributed by atoms with Gasteiger partial charge < -0.3 is 5.73 Å². The number of nitrogens with one attached hydrogen (secondary N) is 1. The van der Waals surface area contributed by atoms with Gasteiger partial charge in [-0.05, 0) is 36.8 Å². The SMILES string of the molecule is Cc1cccc(NS(=O)(=O)c2cccc(F)c2C(N)=S)c1.